The molecule has 0 amide bonds. The topological polar surface area (TPSA) is 49.7 Å². The summed E-state index contributed by atoms with van der Waals surface area (Å²) in [5, 5.41) is 19.3. The molecule has 4 heteroatoms. The van der Waals surface area contributed by atoms with Gasteiger partial charge in [-0.1, -0.05) is 12.2 Å². The van der Waals surface area contributed by atoms with Crippen molar-refractivity contribution < 1.29 is 14.8 Å². The lowest BCUT2D eigenvalue weighted by Crippen LogP contribution is -2.50. The van der Waals surface area contributed by atoms with Crippen LogP contribution in [-0.2, 0) is 4.65 Å². The fraction of sp³-hybridized carbons (Fsp3) is 0.800. The van der Waals surface area contributed by atoms with Crippen LogP contribution >= 0.6 is 0 Å². The summed E-state index contributed by atoms with van der Waals surface area (Å²) in [6.45, 7) is 8.72. The second kappa shape index (κ2) is 4.96. The van der Waals surface area contributed by atoms with Gasteiger partial charge in [0, 0.05) is 6.32 Å². The third-order valence-electron chi connectivity index (χ3n) is 2.48. The highest BCUT2D eigenvalue weighted by atomic mass is 16.5. The summed E-state index contributed by atoms with van der Waals surface area (Å²) in [4.78, 5) is 0. The van der Waals surface area contributed by atoms with E-state index >= 15 is 0 Å². The van der Waals surface area contributed by atoms with Gasteiger partial charge < -0.3 is 14.8 Å². The number of hydrogen-bond donors (Lipinski definition) is 2. The average molecular weight is 200 g/mol. The maximum absolute atomic E-state index is 9.77. The molecule has 0 fully saturated rings. The van der Waals surface area contributed by atoms with E-state index in [4.69, 9.17) is 4.65 Å². The van der Waals surface area contributed by atoms with Crippen molar-refractivity contribution in [3.63, 3.8) is 0 Å². The molecule has 0 radical (unpaired) electrons. The van der Waals surface area contributed by atoms with E-state index in [0.717, 1.165) is 0 Å². The third-order valence-corrected chi connectivity index (χ3v) is 2.48. The van der Waals surface area contributed by atoms with Crippen LogP contribution in [0.15, 0.2) is 12.2 Å². The smallest absolute Gasteiger partial charge is 0.427 e. The molecule has 0 unspecified atom stereocenters. The van der Waals surface area contributed by atoms with E-state index in [-0.39, 0.29) is 0 Å². The molecule has 82 valence electrons. The van der Waals surface area contributed by atoms with Gasteiger partial charge in [0.15, 0.2) is 0 Å². The first kappa shape index (κ1) is 13.7. The van der Waals surface area contributed by atoms with Crippen molar-refractivity contribution in [3.05, 3.63) is 12.2 Å². The molecule has 0 bridgehead atoms. The zero-order chi connectivity index (χ0) is 11.4. The first-order valence-corrected chi connectivity index (χ1v) is 4.90. The number of hydrogen-bond acceptors (Lipinski definition) is 3. The molecular formula is C10H21BO3. The Morgan fingerprint density at radius 3 is 2.14 bits per heavy atom. The van der Waals surface area contributed by atoms with Crippen LogP contribution in [0.3, 0.4) is 0 Å². The van der Waals surface area contributed by atoms with Gasteiger partial charge >= 0.3 is 7.12 Å². The molecule has 0 aliphatic rings. The predicted molar refractivity (Wildman–Crippen MR) is 59.1 cm³/mol. The van der Waals surface area contributed by atoms with Crippen LogP contribution in [0.25, 0.3) is 0 Å². The van der Waals surface area contributed by atoms with E-state index in [1.165, 1.54) is 0 Å². The lowest BCUT2D eigenvalue weighted by atomic mass is 9.80. The summed E-state index contributed by atoms with van der Waals surface area (Å²) in [6.07, 6.45) is 4.12. The molecule has 0 heterocycles. The zero-order valence-electron chi connectivity index (χ0n) is 9.74. The van der Waals surface area contributed by atoms with Gasteiger partial charge in [-0.25, -0.2) is 0 Å². The van der Waals surface area contributed by atoms with E-state index in [2.05, 4.69) is 0 Å². The van der Waals surface area contributed by atoms with Crippen molar-refractivity contribution >= 4 is 7.12 Å². The van der Waals surface area contributed by atoms with Crippen molar-refractivity contribution in [3.8, 4) is 0 Å². The van der Waals surface area contributed by atoms with Crippen LogP contribution in [0.5, 0.6) is 0 Å². The quantitative estimate of drug-likeness (QED) is 0.523. The SMILES string of the molecule is CC=CCB(O)OC(C)(C)C(C)(C)O. The summed E-state index contributed by atoms with van der Waals surface area (Å²) in [7, 11) is -0.868. The first-order valence-electron chi connectivity index (χ1n) is 4.90. The van der Waals surface area contributed by atoms with Crippen LogP contribution in [0, 0.1) is 0 Å². The summed E-state index contributed by atoms with van der Waals surface area (Å²) >= 11 is 0. The fourth-order valence-corrected chi connectivity index (χ4v) is 0.785. The molecule has 0 atom stereocenters. The molecule has 0 aromatic carbocycles. The second-order valence-electron chi connectivity index (χ2n) is 4.45. The van der Waals surface area contributed by atoms with Gasteiger partial charge in [-0.3, -0.25) is 0 Å². The maximum Gasteiger partial charge on any atom is 0.458 e. The van der Waals surface area contributed by atoms with Gasteiger partial charge in [-0.05, 0) is 34.6 Å². The zero-order valence-corrected chi connectivity index (χ0v) is 9.74. The monoisotopic (exact) mass is 200 g/mol. The van der Waals surface area contributed by atoms with Gasteiger partial charge in [-0.2, -0.15) is 0 Å². The Morgan fingerprint density at radius 2 is 1.79 bits per heavy atom. The highest BCUT2D eigenvalue weighted by Gasteiger charge is 2.38. The maximum atomic E-state index is 9.77. The lowest BCUT2D eigenvalue weighted by molar-refractivity contribution is -0.0996. The van der Waals surface area contributed by atoms with Crippen molar-refractivity contribution in [2.45, 2.75) is 52.1 Å². The van der Waals surface area contributed by atoms with Crippen molar-refractivity contribution in [2.75, 3.05) is 0 Å². The Balaban J connectivity index is 4.22. The summed E-state index contributed by atoms with van der Waals surface area (Å²) in [5.74, 6) is 0. The van der Waals surface area contributed by atoms with Crippen LogP contribution < -0.4 is 0 Å². The Labute approximate surface area is 86.9 Å². The molecule has 2 N–H and O–H groups in total. The molecule has 0 aromatic heterocycles. The van der Waals surface area contributed by atoms with Gasteiger partial charge in [0.25, 0.3) is 0 Å². The van der Waals surface area contributed by atoms with Gasteiger partial charge in [0.1, 0.15) is 0 Å². The Hall–Kier alpha value is -0.315. The summed E-state index contributed by atoms with van der Waals surface area (Å²) in [6, 6.07) is 0. The van der Waals surface area contributed by atoms with Crippen molar-refractivity contribution in [2.24, 2.45) is 0 Å². The standard InChI is InChI=1S/C10H21BO3/c1-6-7-8-11(13)14-10(4,5)9(2,3)12/h6-7,12-13H,8H2,1-5H3. The van der Waals surface area contributed by atoms with Gasteiger partial charge in [-0.15, -0.1) is 0 Å². The molecule has 14 heavy (non-hydrogen) atoms. The van der Waals surface area contributed by atoms with Crippen molar-refractivity contribution in [1.29, 1.82) is 0 Å². The van der Waals surface area contributed by atoms with Crippen molar-refractivity contribution in [1.82, 2.24) is 0 Å². The lowest BCUT2D eigenvalue weighted by Gasteiger charge is -2.38. The normalized spacial score (nSPS) is 13.6. The summed E-state index contributed by atoms with van der Waals surface area (Å²) in [5.41, 5.74) is -1.75. The molecule has 3 nitrogen and oxygen atoms in total. The van der Waals surface area contributed by atoms with Gasteiger partial charge in [0.05, 0.1) is 11.2 Å². The number of rotatable bonds is 5. The molecule has 0 spiro atoms. The molecular weight excluding hydrogens is 179 g/mol. The molecule has 0 aromatic rings. The third kappa shape index (κ3) is 4.27. The first-order chi connectivity index (χ1) is 6.20. The molecule has 0 saturated carbocycles. The van der Waals surface area contributed by atoms with Crippen LogP contribution in [-0.4, -0.2) is 28.5 Å². The molecule has 0 rings (SSSR count). The molecule has 0 aliphatic carbocycles. The highest BCUT2D eigenvalue weighted by molar-refractivity contribution is 6.43. The highest BCUT2D eigenvalue weighted by Crippen LogP contribution is 2.25. The van der Waals surface area contributed by atoms with Crippen LogP contribution in [0.2, 0.25) is 6.32 Å². The van der Waals surface area contributed by atoms with E-state index in [1.807, 2.05) is 19.1 Å². The Bertz CT molecular complexity index is 194. The van der Waals surface area contributed by atoms with E-state index < -0.39 is 18.3 Å². The average Bonchev–Trinajstić information content (AvgIpc) is 1.97. The second-order valence-corrected chi connectivity index (χ2v) is 4.45. The molecule has 0 aliphatic heterocycles. The van der Waals surface area contributed by atoms with Crippen LogP contribution in [0.4, 0.5) is 0 Å². The Kier molecular flexibility index (Phi) is 4.85. The minimum absolute atomic E-state index is 0.440. The predicted octanol–water partition coefficient (Wildman–Crippen LogP) is 1.61. The van der Waals surface area contributed by atoms with E-state index in [0.29, 0.717) is 6.32 Å². The number of aliphatic hydroxyl groups is 1. The van der Waals surface area contributed by atoms with E-state index in [9.17, 15) is 10.1 Å². The fourth-order valence-electron chi connectivity index (χ4n) is 0.785. The molecule has 0 saturated heterocycles. The minimum atomic E-state index is -0.982. The van der Waals surface area contributed by atoms with E-state index in [1.54, 1.807) is 27.7 Å². The Morgan fingerprint density at radius 1 is 1.29 bits per heavy atom. The minimum Gasteiger partial charge on any atom is -0.427 e. The number of allylic oxidation sites excluding steroid dienone is 2. The summed E-state index contributed by atoms with van der Waals surface area (Å²) < 4.78 is 5.36. The largest absolute Gasteiger partial charge is 0.458 e. The van der Waals surface area contributed by atoms with Gasteiger partial charge in [0.2, 0.25) is 0 Å². The van der Waals surface area contributed by atoms with Crippen LogP contribution in [0.1, 0.15) is 34.6 Å².